The fraction of sp³-hybridized carbons (Fsp3) is 0.625. The van der Waals surface area contributed by atoms with Crippen LogP contribution in [0.15, 0.2) is 0 Å². The number of aliphatic carboxylic acids is 3. The summed E-state index contributed by atoms with van der Waals surface area (Å²) in [4.78, 5) is 30.8. The SMILES string of the molecule is O=C(O)CNCC(CC(=O)O)NCC(=O)O. The van der Waals surface area contributed by atoms with Crippen molar-refractivity contribution in [1.29, 1.82) is 0 Å². The fourth-order valence-corrected chi connectivity index (χ4v) is 1.01. The molecule has 1 atom stereocenters. The van der Waals surface area contributed by atoms with Gasteiger partial charge in [0, 0.05) is 12.6 Å². The highest BCUT2D eigenvalue weighted by molar-refractivity contribution is 5.70. The molecular weight excluding hydrogens is 220 g/mol. The van der Waals surface area contributed by atoms with Gasteiger partial charge in [0.05, 0.1) is 19.5 Å². The van der Waals surface area contributed by atoms with Gasteiger partial charge in [-0.25, -0.2) is 0 Å². The summed E-state index contributed by atoms with van der Waals surface area (Å²) in [6.07, 6.45) is -0.278. The van der Waals surface area contributed by atoms with Gasteiger partial charge in [-0.05, 0) is 0 Å². The van der Waals surface area contributed by atoms with Gasteiger partial charge in [-0.15, -0.1) is 0 Å². The number of nitrogens with one attached hydrogen (secondary N) is 2. The standard InChI is InChI=1S/C8H14N2O6/c11-6(12)1-5(10-4-8(15)16)2-9-3-7(13)14/h5,9-10H,1-4H2,(H,11,12)(H,13,14)(H,15,16). The first kappa shape index (κ1) is 14.3. The minimum Gasteiger partial charge on any atom is -0.481 e. The molecule has 0 heterocycles. The largest absolute Gasteiger partial charge is 0.481 e. The first-order chi connectivity index (χ1) is 7.41. The predicted molar refractivity (Wildman–Crippen MR) is 52.2 cm³/mol. The van der Waals surface area contributed by atoms with Crippen LogP contribution in [0.4, 0.5) is 0 Å². The Bertz CT molecular complexity index is 267. The molecule has 5 N–H and O–H groups in total. The van der Waals surface area contributed by atoms with Crippen LogP contribution in [0.2, 0.25) is 0 Å². The van der Waals surface area contributed by atoms with E-state index in [1.807, 2.05) is 0 Å². The Hall–Kier alpha value is -1.67. The van der Waals surface area contributed by atoms with E-state index in [-0.39, 0.29) is 26.1 Å². The van der Waals surface area contributed by atoms with E-state index in [1.165, 1.54) is 0 Å². The van der Waals surface area contributed by atoms with Crippen LogP contribution in [0.5, 0.6) is 0 Å². The lowest BCUT2D eigenvalue weighted by Gasteiger charge is -2.15. The lowest BCUT2D eigenvalue weighted by molar-refractivity contribution is -0.139. The Morgan fingerprint density at radius 3 is 1.94 bits per heavy atom. The zero-order valence-corrected chi connectivity index (χ0v) is 8.47. The monoisotopic (exact) mass is 234 g/mol. The number of carbonyl (C=O) groups is 3. The highest BCUT2D eigenvalue weighted by atomic mass is 16.4. The van der Waals surface area contributed by atoms with Gasteiger partial charge in [0.1, 0.15) is 0 Å². The smallest absolute Gasteiger partial charge is 0.317 e. The van der Waals surface area contributed by atoms with E-state index in [0.717, 1.165) is 0 Å². The minimum atomic E-state index is -1.10. The van der Waals surface area contributed by atoms with Crippen LogP contribution in [0.25, 0.3) is 0 Å². The topological polar surface area (TPSA) is 136 Å². The molecule has 0 aromatic rings. The molecule has 0 spiro atoms. The van der Waals surface area contributed by atoms with Gasteiger partial charge < -0.3 is 26.0 Å². The first-order valence-corrected chi connectivity index (χ1v) is 4.51. The van der Waals surface area contributed by atoms with Crippen molar-refractivity contribution in [2.45, 2.75) is 12.5 Å². The second-order valence-corrected chi connectivity index (χ2v) is 3.09. The number of hydrogen-bond acceptors (Lipinski definition) is 5. The summed E-state index contributed by atoms with van der Waals surface area (Å²) in [6, 6.07) is -0.618. The Kier molecular flexibility index (Phi) is 6.81. The summed E-state index contributed by atoms with van der Waals surface area (Å²) in [7, 11) is 0. The van der Waals surface area contributed by atoms with E-state index >= 15 is 0 Å². The van der Waals surface area contributed by atoms with E-state index in [2.05, 4.69) is 10.6 Å². The molecule has 16 heavy (non-hydrogen) atoms. The van der Waals surface area contributed by atoms with Crippen LogP contribution < -0.4 is 10.6 Å². The average molecular weight is 234 g/mol. The third-order valence-electron chi connectivity index (χ3n) is 1.63. The molecule has 0 saturated carbocycles. The lowest BCUT2D eigenvalue weighted by Crippen LogP contribution is -2.43. The van der Waals surface area contributed by atoms with Crippen LogP contribution in [0.3, 0.4) is 0 Å². The van der Waals surface area contributed by atoms with Crippen LogP contribution in [-0.2, 0) is 14.4 Å². The van der Waals surface area contributed by atoms with Crippen LogP contribution in [0.1, 0.15) is 6.42 Å². The number of hydrogen-bond donors (Lipinski definition) is 5. The summed E-state index contributed by atoms with van der Waals surface area (Å²) < 4.78 is 0. The normalized spacial score (nSPS) is 12.0. The Labute approximate surface area is 91.3 Å². The molecule has 0 amide bonds. The van der Waals surface area contributed by atoms with Crippen molar-refractivity contribution in [3.63, 3.8) is 0 Å². The van der Waals surface area contributed by atoms with E-state index in [1.54, 1.807) is 0 Å². The van der Waals surface area contributed by atoms with Crippen molar-refractivity contribution < 1.29 is 29.7 Å². The molecule has 0 saturated heterocycles. The fourth-order valence-electron chi connectivity index (χ4n) is 1.01. The third-order valence-corrected chi connectivity index (χ3v) is 1.63. The number of rotatable bonds is 9. The van der Waals surface area contributed by atoms with Gasteiger partial charge in [-0.2, -0.15) is 0 Å². The van der Waals surface area contributed by atoms with Gasteiger partial charge in [-0.1, -0.05) is 0 Å². The maximum absolute atomic E-state index is 10.4. The molecular formula is C8H14N2O6. The molecule has 8 heteroatoms. The predicted octanol–water partition coefficient (Wildman–Crippen LogP) is -1.82. The molecule has 0 aliphatic heterocycles. The van der Waals surface area contributed by atoms with Gasteiger partial charge in [-0.3, -0.25) is 14.4 Å². The number of carboxylic acid groups (broad SMARTS) is 3. The molecule has 0 aromatic carbocycles. The van der Waals surface area contributed by atoms with E-state index in [0.29, 0.717) is 0 Å². The van der Waals surface area contributed by atoms with Crippen molar-refractivity contribution in [3.8, 4) is 0 Å². The maximum atomic E-state index is 10.4. The van der Waals surface area contributed by atoms with E-state index in [4.69, 9.17) is 15.3 Å². The van der Waals surface area contributed by atoms with Crippen molar-refractivity contribution in [3.05, 3.63) is 0 Å². The summed E-state index contributed by atoms with van der Waals surface area (Å²) in [5.74, 6) is -3.25. The average Bonchev–Trinajstić information content (AvgIpc) is 2.12. The first-order valence-electron chi connectivity index (χ1n) is 4.51. The van der Waals surface area contributed by atoms with Crippen LogP contribution in [-0.4, -0.2) is 58.9 Å². The van der Waals surface area contributed by atoms with Crippen molar-refractivity contribution in [2.75, 3.05) is 19.6 Å². The quantitative estimate of drug-likeness (QED) is 0.314. The summed E-state index contributed by atoms with van der Waals surface area (Å²) in [5, 5.41) is 30.2. The molecule has 0 aliphatic carbocycles. The van der Waals surface area contributed by atoms with Crippen molar-refractivity contribution in [2.24, 2.45) is 0 Å². The zero-order chi connectivity index (χ0) is 12.6. The molecule has 0 fully saturated rings. The second kappa shape index (κ2) is 7.60. The molecule has 0 aromatic heterocycles. The van der Waals surface area contributed by atoms with Crippen molar-refractivity contribution >= 4 is 17.9 Å². The second-order valence-electron chi connectivity index (χ2n) is 3.09. The minimum absolute atomic E-state index is 0.0753. The van der Waals surface area contributed by atoms with E-state index in [9.17, 15) is 14.4 Å². The highest BCUT2D eigenvalue weighted by Crippen LogP contribution is 1.90. The van der Waals surface area contributed by atoms with Gasteiger partial charge in [0.15, 0.2) is 0 Å². The molecule has 92 valence electrons. The Morgan fingerprint density at radius 2 is 1.50 bits per heavy atom. The molecule has 0 bridgehead atoms. The highest BCUT2D eigenvalue weighted by Gasteiger charge is 2.13. The summed E-state index contributed by atoms with van der Waals surface area (Å²) >= 11 is 0. The zero-order valence-electron chi connectivity index (χ0n) is 8.47. The molecule has 0 aliphatic rings. The third kappa shape index (κ3) is 8.91. The van der Waals surface area contributed by atoms with Gasteiger partial charge >= 0.3 is 17.9 Å². The molecule has 0 rings (SSSR count). The Morgan fingerprint density at radius 1 is 0.938 bits per heavy atom. The summed E-state index contributed by atoms with van der Waals surface area (Å²) in [5.41, 5.74) is 0. The van der Waals surface area contributed by atoms with Crippen LogP contribution in [0, 0.1) is 0 Å². The molecule has 1 unspecified atom stereocenters. The molecule has 8 nitrogen and oxygen atoms in total. The number of carboxylic acids is 3. The van der Waals surface area contributed by atoms with Crippen LogP contribution >= 0.6 is 0 Å². The summed E-state index contributed by atoms with van der Waals surface area (Å²) in [6.45, 7) is -0.594. The van der Waals surface area contributed by atoms with Gasteiger partial charge in [0.25, 0.3) is 0 Å². The maximum Gasteiger partial charge on any atom is 0.317 e. The van der Waals surface area contributed by atoms with Gasteiger partial charge in [0.2, 0.25) is 0 Å². The van der Waals surface area contributed by atoms with E-state index < -0.39 is 23.9 Å². The molecule has 0 radical (unpaired) electrons. The lowest BCUT2D eigenvalue weighted by atomic mass is 10.2. The Balaban J connectivity index is 3.94. The van der Waals surface area contributed by atoms with Crippen molar-refractivity contribution in [1.82, 2.24) is 10.6 Å².